The van der Waals surface area contributed by atoms with Gasteiger partial charge in [0.15, 0.2) is 0 Å². The van der Waals surface area contributed by atoms with E-state index in [2.05, 4.69) is 9.88 Å². The number of esters is 1. The second-order valence-corrected chi connectivity index (χ2v) is 4.04. The molecule has 1 saturated heterocycles. The van der Waals surface area contributed by atoms with Crippen LogP contribution in [0, 0.1) is 6.92 Å². The first-order chi connectivity index (χ1) is 7.74. The maximum atomic E-state index is 11.6. The van der Waals surface area contributed by atoms with E-state index in [1.165, 1.54) is 7.11 Å². The Kier molecular flexibility index (Phi) is 3.08. The summed E-state index contributed by atoms with van der Waals surface area (Å²) in [5.74, 6) is -0.145. The summed E-state index contributed by atoms with van der Waals surface area (Å²) in [6, 6.07) is 1.82. The highest BCUT2D eigenvalue weighted by Gasteiger charge is 2.32. The summed E-state index contributed by atoms with van der Waals surface area (Å²) < 4.78 is 4.83. The Morgan fingerprint density at radius 3 is 3.12 bits per heavy atom. The van der Waals surface area contributed by atoms with E-state index in [-0.39, 0.29) is 12.0 Å². The molecule has 2 rings (SSSR count). The molecule has 16 heavy (non-hydrogen) atoms. The number of nitrogens with zero attached hydrogens (tertiary/aromatic N) is 2. The van der Waals surface area contributed by atoms with Gasteiger partial charge in [0.1, 0.15) is 6.04 Å². The maximum absolute atomic E-state index is 11.6. The summed E-state index contributed by atoms with van der Waals surface area (Å²) >= 11 is 0. The van der Waals surface area contributed by atoms with Gasteiger partial charge >= 0.3 is 5.97 Å². The van der Waals surface area contributed by atoms with Gasteiger partial charge in [-0.15, -0.1) is 0 Å². The van der Waals surface area contributed by atoms with Crippen molar-refractivity contribution in [2.24, 2.45) is 0 Å². The Morgan fingerprint density at radius 2 is 2.44 bits per heavy atom. The topological polar surface area (TPSA) is 42.4 Å². The lowest BCUT2D eigenvalue weighted by Gasteiger charge is -2.25. The van der Waals surface area contributed by atoms with Crippen LogP contribution in [0.1, 0.15) is 18.4 Å². The van der Waals surface area contributed by atoms with Crippen LogP contribution < -0.4 is 4.90 Å². The Labute approximate surface area is 95.2 Å². The van der Waals surface area contributed by atoms with Crippen LogP contribution in [0.2, 0.25) is 0 Å². The number of methoxy groups -OCH3 is 1. The van der Waals surface area contributed by atoms with Gasteiger partial charge in [-0.2, -0.15) is 0 Å². The number of ether oxygens (including phenoxy) is 1. The fourth-order valence-corrected chi connectivity index (χ4v) is 2.22. The highest BCUT2D eigenvalue weighted by atomic mass is 16.5. The molecule has 0 spiro atoms. The number of rotatable bonds is 2. The number of pyridine rings is 1. The van der Waals surface area contributed by atoms with E-state index in [9.17, 15) is 4.79 Å². The van der Waals surface area contributed by atoms with Crippen molar-refractivity contribution < 1.29 is 9.53 Å². The minimum atomic E-state index is -0.145. The van der Waals surface area contributed by atoms with Crippen molar-refractivity contribution in [2.75, 3.05) is 18.6 Å². The molecular formula is C12H16N2O2. The number of aryl methyl sites for hydroxylation is 1. The summed E-state index contributed by atoms with van der Waals surface area (Å²) in [7, 11) is 1.44. The summed E-state index contributed by atoms with van der Waals surface area (Å²) in [5.41, 5.74) is 2.18. The SMILES string of the molecule is COC(=O)C1CCCN1c1ccncc1C. The molecule has 4 nitrogen and oxygen atoms in total. The second kappa shape index (κ2) is 4.51. The predicted molar refractivity (Wildman–Crippen MR) is 61.4 cm³/mol. The normalized spacial score (nSPS) is 19.9. The van der Waals surface area contributed by atoms with Gasteiger partial charge in [-0.25, -0.2) is 4.79 Å². The largest absolute Gasteiger partial charge is 0.467 e. The standard InChI is InChI=1S/C12H16N2O2/c1-9-8-13-6-5-10(9)14-7-3-4-11(14)12(15)16-2/h5-6,8,11H,3-4,7H2,1-2H3. The van der Waals surface area contributed by atoms with Crippen LogP contribution in [0.5, 0.6) is 0 Å². The zero-order chi connectivity index (χ0) is 11.5. The average molecular weight is 220 g/mol. The highest BCUT2D eigenvalue weighted by molar-refractivity contribution is 5.81. The van der Waals surface area contributed by atoms with Gasteiger partial charge in [0.05, 0.1) is 7.11 Å². The van der Waals surface area contributed by atoms with Crippen molar-refractivity contribution in [1.82, 2.24) is 4.98 Å². The molecule has 4 heteroatoms. The predicted octanol–water partition coefficient (Wildman–Crippen LogP) is 1.53. The Balaban J connectivity index is 2.27. The fraction of sp³-hybridized carbons (Fsp3) is 0.500. The van der Waals surface area contributed by atoms with Gasteiger partial charge in [-0.05, 0) is 31.4 Å². The molecule has 1 aromatic heterocycles. The van der Waals surface area contributed by atoms with Gasteiger partial charge in [-0.1, -0.05) is 0 Å². The quantitative estimate of drug-likeness (QED) is 0.709. The molecule has 2 heterocycles. The van der Waals surface area contributed by atoms with Crippen LogP contribution in [0.15, 0.2) is 18.5 Å². The number of hydrogen-bond donors (Lipinski definition) is 0. The van der Waals surface area contributed by atoms with Crippen molar-refractivity contribution in [1.29, 1.82) is 0 Å². The van der Waals surface area contributed by atoms with E-state index in [1.54, 1.807) is 6.20 Å². The van der Waals surface area contributed by atoms with Crippen molar-refractivity contribution >= 4 is 11.7 Å². The molecule has 1 aromatic rings. The third kappa shape index (κ3) is 1.87. The minimum Gasteiger partial charge on any atom is -0.467 e. The molecule has 1 unspecified atom stereocenters. The van der Waals surface area contributed by atoms with E-state index in [0.717, 1.165) is 30.6 Å². The molecule has 0 radical (unpaired) electrons. The van der Waals surface area contributed by atoms with E-state index in [0.29, 0.717) is 0 Å². The number of hydrogen-bond acceptors (Lipinski definition) is 4. The zero-order valence-corrected chi connectivity index (χ0v) is 9.64. The summed E-state index contributed by atoms with van der Waals surface area (Å²) in [6.07, 6.45) is 5.48. The zero-order valence-electron chi connectivity index (χ0n) is 9.64. The molecule has 86 valence electrons. The molecule has 1 atom stereocenters. The lowest BCUT2D eigenvalue weighted by molar-refractivity contribution is -0.141. The maximum Gasteiger partial charge on any atom is 0.328 e. The monoisotopic (exact) mass is 220 g/mol. The molecule has 0 saturated carbocycles. The minimum absolute atomic E-state index is 0.133. The van der Waals surface area contributed by atoms with Crippen LogP contribution in [-0.2, 0) is 9.53 Å². The first-order valence-electron chi connectivity index (χ1n) is 5.49. The average Bonchev–Trinajstić information content (AvgIpc) is 2.77. The number of carbonyl (C=O) groups is 1. The van der Waals surface area contributed by atoms with Crippen molar-refractivity contribution in [2.45, 2.75) is 25.8 Å². The number of carbonyl (C=O) groups excluding carboxylic acids is 1. The molecule has 1 aliphatic rings. The number of anilines is 1. The van der Waals surface area contributed by atoms with Gasteiger partial charge in [0.2, 0.25) is 0 Å². The molecule has 0 bridgehead atoms. The van der Waals surface area contributed by atoms with Crippen molar-refractivity contribution in [3.63, 3.8) is 0 Å². The summed E-state index contributed by atoms with van der Waals surface area (Å²) in [6.45, 7) is 2.92. The molecule has 0 aliphatic carbocycles. The van der Waals surface area contributed by atoms with Gasteiger partial charge < -0.3 is 9.64 Å². The van der Waals surface area contributed by atoms with Crippen LogP contribution in [-0.4, -0.2) is 30.6 Å². The van der Waals surface area contributed by atoms with Gasteiger partial charge in [0, 0.05) is 24.6 Å². The van der Waals surface area contributed by atoms with Crippen LogP contribution in [0.4, 0.5) is 5.69 Å². The molecular weight excluding hydrogens is 204 g/mol. The van der Waals surface area contributed by atoms with Gasteiger partial charge in [-0.3, -0.25) is 4.98 Å². The van der Waals surface area contributed by atoms with Crippen molar-refractivity contribution in [3.05, 3.63) is 24.0 Å². The number of aromatic nitrogens is 1. The Morgan fingerprint density at radius 1 is 1.62 bits per heavy atom. The Bertz CT molecular complexity index is 392. The second-order valence-electron chi connectivity index (χ2n) is 4.04. The third-order valence-electron chi connectivity index (χ3n) is 3.03. The van der Waals surface area contributed by atoms with E-state index in [1.807, 2.05) is 19.2 Å². The third-order valence-corrected chi connectivity index (χ3v) is 3.03. The highest BCUT2D eigenvalue weighted by Crippen LogP contribution is 2.28. The van der Waals surface area contributed by atoms with Gasteiger partial charge in [0.25, 0.3) is 0 Å². The van der Waals surface area contributed by atoms with Crippen LogP contribution in [0.25, 0.3) is 0 Å². The lowest BCUT2D eigenvalue weighted by atomic mass is 10.2. The lowest BCUT2D eigenvalue weighted by Crippen LogP contribution is -2.37. The molecule has 0 amide bonds. The summed E-state index contributed by atoms with van der Waals surface area (Å²) in [4.78, 5) is 17.8. The molecule has 1 aliphatic heterocycles. The fourth-order valence-electron chi connectivity index (χ4n) is 2.22. The first-order valence-corrected chi connectivity index (χ1v) is 5.49. The van der Waals surface area contributed by atoms with Crippen LogP contribution >= 0.6 is 0 Å². The molecule has 1 fully saturated rings. The smallest absolute Gasteiger partial charge is 0.328 e. The van der Waals surface area contributed by atoms with E-state index >= 15 is 0 Å². The molecule has 0 aromatic carbocycles. The Hall–Kier alpha value is -1.58. The van der Waals surface area contributed by atoms with E-state index < -0.39 is 0 Å². The van der Waals surface area contributed by atoms with Crippen molar-refractivity contribution in [3.8, 4) is 0 Å². The summed E-state index contributed by atoms with van der Waals surface area (Å²) in [5, 5.41) is 0. The van der Waals surface area contributed by atoms with E-state index in [4.69, 9.17) is 4.74 Å². The molecule has 0 N–H and O–H groups in total. The van der Waals surface area contributed by atoms with Crippen LogP contribution in [0.3, 0.4) is 0 Å². The first kappa shape index (κ1) is 10.9.